The molecule has 2 bridgehead atoms. The summed E-state index contributed by atoms with van der Waals surface area (Å²) >= 11 is 0. The number of aryl methyl sites for hydroxylation is 1. The van der Waals surface area contributed by atoms with Crippen LogP contribution in [0.15, 0.2) is 91.0 Å². The number of rotatable bonds is 4. The minimum absolute atomic E-state index is 0.0578. The van der Waals surface area contributed by atoms with E-state index in [4.69, 9.17) is 4.74 Å². The second kappa shape index (κ2) is 9.74. The summed E-state index contributed by atoms with van der Waals surface area (Å²) in [7, 11) is 0. The predicted molar refractivity (Wildman–Crippen MR) is 164 cm³/mol. The number of amides is 3. The molecule has 0 N–H and O–H groups in total. The van der Waals surface area contributed by atoms with Crippen molar-refractivity contribution in [2.45, 2.75) is 32.1 Å². The Labute approximate surface area is 255 Å². The summed E-state index contributed by atoms with van der Waals surface area (Å²) in [6.45, 7) is 4.19. The van der Waals surface area contributed by atoms with E-state index in [-0.39, 0.29) is 48.3 Å². The summed E-state index contributed by atoms with van der Waals surface area (Å²) in [6, 6.07) is 28.7. The molecule has 218 valence electrons. The van der Waals surface area contributed by atoms with Crippen molar-refractivity contribution >= 4 is 35.1 Å². The van der Waals surface area contributed by atoms with Crippen molar-refractivity contribution in [3.05, 3.63) is 124 Å². The zero-order valence-corrected chi connectivity index (χ0v) is 24.4. The van der Waals surface area contributed by atoms with Gasteiger partial charge in [0.15, 0.2) is 0 Å². The van der Waals surface area contributed by atoms with Gasteiger partial charge in [0.25, 0.3) is 0 Å². The Morgan fingerprint density at radius 2 is 1.30 bits per heavy atom. The third-order valence-electron chi connectivity index (χ3n) is 10.1. The molecule has 0 spiro atoms. The molecule has 4 aromatic carbocycles. The summed E-state index contributed by atoms with van der Waals surface area (Å²) < 4.78 is 5.76. The lowest BCUT2D eigenvalue weighted by Crippen LogP contribution is -2.41. The number of nitrogens with zero attached hydrogens (tertiary/aromatic N) is 2. The van der Waals surface area contributed by atoms with Crippen LogP contribution in [0.25, 0.3) is 0 Å². The molecule has 0 radical (unpaired) electrons. The van der Waals surface area contributed by atoms with Crippen LogP contribution in [0.4, 0.5) is 11.4 Å². The number of esters is 1. The molecule has 2 fully saturated rings. The molecule has 0 unspecified atom stereocenters. The van der Waals surface area contributed by atoms with E-state index >= 15 is 0 Å². The summed E-state index contributed by atoms with van der Waals surface area (Å²) in [5.74, 6) is -2.87. The second-order valence-electron chi connectivity index (χ2n) is 12.3. The van der Waals surface area contributed by atoms with Gasteiger partial charge in [0.05, 0.1) is 23.4 Å². The van der Waals surface area contributed by atoms with Crippen LogP contribution in [0, 0.1) is 31.6 Å². The lowest BCUT2D eigenvalue weighted by Gasteiger charge is -2.45. The van der Waals surface area contributed by atoms with Crippen molar-refractivity contribution < 1.29 is 23.9 Å². The molecule has 3 amide bonds. The zero-order chi connectivity index (χ0) is 30.3. The Bertz CT molecular complexity index is 1800. The molecule has 7 heteroatoms. The smallest absolute Gasteiger partial charge is 0.316 e. The fourth-order valence-corrected chi connectivity index (χ4v) is 7.94. The van der Waals surface area contributed by atoms with Crippen LogP contribution in [-0.2, 0) is 19.2 Å². The standard InChI is InChI=1S/C37H30N2O5/c1-20-9-7-16-29(21(20)2)38-19-22(17-30(38)40)37(43)44-24-11-8-10-23(18-24)39-35(41)33-31-25-12-3-4-13-26(25)32(34(33)36(39)42)28-15-6-5-14-27(28)31/h3-16,18,22,31-34H,17,19H2,1-2H3/t22-,31?,32?,33-,34+/m1/s1. The highest BCUT2D eigenvalue weighted by molar-refractivity contribution is 6.23. The van der Waals surface area contributed by atoms with Gasteiger partial charge in [-0.2, -0.15) is 0 Å². The molecule has 7 nitrogen and oxygen atoms in total. The summed E-state index contributed by atoms with van der Waals surface area (Å²) in [6.07, 6.45) is 0.0578. The first-order chi connectivity index (χ1) is 21.3. The van der Waals surface area contributed by atoms with Crippen LogP contribution >= 0.6 is 0 Å². The Hall–Kier alpha value is -5.04. The van der Waals surface area contributed by atoms with Gasteiger partial charge in [0.1, 0.15) is 5.75 Å². The van der Waals surface area contributed by atoms with E-state index in [1.54, 1.807) is 29.2 Å². The van der Waals surface area contributed by atoms with Gasteiger partial charge in [-0.1, -0.05) is 66.7 Å². The van der Waals surface area contributed by atoms with E-state index in [0.717, 1.165) is 39.1 Å². The molecule has 3 aliphatic carbocycles. The van der Waals surface area contributed by atoms with Crippen molar-refractivity contribution in [2.75, 3.05) is 16.3 Å². The van der Waals surface area contributed by atoms with Crippen molar-refractivity contribution in [3.8, 4) is 5.75 Å². The quantitative estimate of drug-likeness (QED) is 0.176. The van der Waals surface area contributed by atoms with Gasteiger partial charge in [-0.3, -0.25) is 19.2 Å². The summed E-state index contributed by atoms with van der Waals surface area (Å²) in [5.41, 5.74) is 7.72. The van der Waals surface area contributed by atoms with E-state index in [2.05, 4.69) is 24.3 Å². The van der Waals surface area contributed by atoms with Gasteiger partial charge < -0.3 is 9.64 Å². The van der Waals surface area contributed by atoms with Crippen molar-refractivity contribution in [3.63, 3.8) is 0 Å². The van der Waals surface area contributed by atoms with Crippen molar-refractivity contribution in [2.24, 2.45) is 17.8 Å². The average molecular weight is 583 g/mol. The lowest BCUT2D eigenvalue weighted by atomic mass is 9.55. The van der Waals surface area contributed by atoms with E-state index in [9.17, 15) is 19.2 Å². The molecule has 44 heavy (non-hydrogen) atoms. The number of anilines is 2. The second-order valence-corrected chi connectivity index (χ2v) is 12.3. The van der Waals surface area contributed by atoms with Gasteiger partial charge >= 0.3 is 5.97 Å². The van der Waals surface area contributed by atoms with Gasteiger partial charge in [-0.25, -0.2) is 4.90 Å². The highest BCUT2D eigenvalue weighted by Crippen LogP contribution is 2.61. The first kappa shape index (κ1) is 26.6. The highest BCUT2D eigenvalue weighted by atomic mass is 16.5. The van der Waals surface area contributed by atoms with E-state index < -0.39 is 23.7 Å². The minimum Gasteiger partial charge on any atom is -0.426 e. The highest BCUT2D eigenvalue weighted by Gasteiger charge is 2.61. The fourth-order valence-electron chi connectivity index (χ4n) is 7.94. The number of carbonyl (C=O) groups is 4. The largest absolute Gasteiger partial charge is 0.426 e. The van der Waals surface area contributed by atoms with Gasteiger partial charge in [0, 0.05) is 36.6 Å². The van der Waals surface area contributed by atoms with Crippen LogP contribution in [0.1, 0.15) is 51.6 Å². The Balaban J connectivity index is 1.06. The number of hydrogen-bond acceptors (Lipinski definition) is 5. The maximum Gasteiger partial charge on any atom is 0.316 e. The number of benzene rings is 4. The molecule has 2 heterocycles. The van der Waals surface area contributed by atoms with Crippen LogP contribution in [-0.4, -0.2) is 30.2 Å². The van der Waals surface area contributed by atoms with E-state index in [1.165, 1.54) is 4.90 Å². The number of imide groups is 1. The monoisotopic (exact) mass is 582 g/mol. The Morgan fingerprint density at radius 3 is 1.89 bits per heavy atom. The van der Waals surface area contributed by atoms with Gasteiger partial charge in [-0.15, -0.1) is 0 Å². The topological polar surface area (TPSA) is 84.0 Å². The van der Waals surface area contributed by atoms with Crippen molar-refractivity contribution in [1.82, 2.24) is 0 Å². The van der Waals surface area contributed by atoms with Crippen LogP contribution in [0.2, 0.25) is 0 Å². The molecule has 0 saturated carbocycles. The Kier molecular flexibility index (Phi) is 5.88. The number of carbonyl (C=O) groups excluding carboxylic acids is 4. The maximum absolute atomic E-state index is 14.1. The van der Waals surface area contributed by atoms with Gasteiger partial charge in [-0.05, 0) is 65.4 Å². The molecule has 9 rings (SSSR count). The van der Waals surface area contributed by atoms with Crippen LogP contribution < -0.4 is 14.5 Å². The first-order valence-electron chi connectivity index (χ1n) is 15.1. The average Bonchev–Trinajstić information content (AvgIpc) is 3.55. The molecule has 2 aliphatic heterocycles. The van der Waals surface area contributed by atoms with Crippen molar-refractivity contribution in [1.29, 1.82) is 0 Å². The molecule has 4 aromatic rings. The minimum atomic E-state index is -0.628. The summed E-state index contributed by atoms with van der Waals surface area (Å²) in [4.78, 5) is 57.3. The first-order valence-corrected chi connectivity index (χ1v) is 15.1. The molecule has 3 atom stereocenters. The maximum atomic E-state index is 14.1. The molecular formula is C37H30N2O5. The lowest BCUT2D eigenvalue weighted by molar-refractivity contribution is -0.139. The van der Waals surface area contributed by atoms with Crippen LogP contribution in [0.5, 0.6) is 5.75 Å². The van der Waals surface area contributed by atoms with Crippen LogP contribution in [0.3, 0.4) is 0 Å². The van der Waals surface area contributed by atoms with Gasteiger partial charge in [0.2, 0.25) is 17.7 Å². The third-order valence-corrected chi connectivity index (χ3v) is 10.1. The molecule has 0 aromatic heterocycles. The summed E-state index contributed by atoms with van der Waals surface area (Å²) in [5, 5.41) is 0. The number of ether oxygens (including phenoxy) is 1. The molecular weight excluding hydrogens is 552 g/mol. The Morgan fingerprint density at radius 1 is 0.727 bits per heavy atom. The van der Waals surface area contributed by atoms with E-state index in [0.29, 0.717) is 5.69 Å². The van der Waals surface area contributed by atoms with E-state index in [1.807, 2.05) is 56.3 Å². The third kappa shape index (κ3) is 3.75. The molecule has 5 aliphatic rings. The fraction of sp³-hybridized carbons (Fsp3) is 0.243. The zero-order valence-electron chi connectivity index (χ0n) is 24.4. The normalized spacial score (nSPS) is 24.8. The molecule has 2 saturated heterocycles. The number of hydrogen-bond donors (Lipinski definition) is 0. The SMILES string of the molecule is Cc1cccc(N2C[C@H](C(=O)Oc3cccc(N4C(=O)[C@@H]5C6c7ccccc7C(c7ccccc76)[C@@H]5C4=O)c3)CC2=O)c1C. The predicted octanol–water partition coefficient (Wildman–Crippen LogP) is 5.66.